The number of aromatic nitrogens is 1. The molecule has 4 aromatic carbocycles. The van der Waals surface area contributed by atoms with E-state index in [1.807, 2.05) is 91.0 Å². The second-order valence-electron chi connectivity index (χ2n) is 16.4. The first kappa shape index (κ1) is 45.9. The number of nitrogens with zero attached hydrogens (tertiary/aromatic N) is 3. The monoisotopic (exact) mass is 921 g/mol. The molecule has 3 heterocycles. The highest BCUT2D eigenvalue weighted by Crippen LogP contribution is 2.42. The van der Waals surface area contributed by atoms with Crippen LogP contribution in [0.25, 0.3) is 0 Å². The predicted molar refractivity (Wildman–Crippen MR) is 248 cm³/mol. The van der Waals surface area contributed by atoms with E-state index in [0.29, 0.717) is 22.2 Å². The van der Waals surface area contributed by atoms with Gasteiger partial charge in [-0.15, -0.1) is 34.7 Å². The number of carbonyl (C=O) groups excluding carboxylic acids is 4. The number of oxime groups is 1. The summed E-state index contributed by atoms with van der Waals surface area (Å²) in [4.78, 5) is 67.3. The fraction of sp³-hybridized carbons (Fsp3) is 0.292. The number of hydrogen-bond acceptors (Lipinski definition) is 13. The lowest BCUT2D eigenvalue weighted by atomic mass is 9.77. The predicted octanol–water partition coefficient (Wildman–Crippen LogP) is 8.03. The highest BCUT2D eigenvalue weighted by Gasteiger charge is 2.55. The molecule has 332 valence electrons. The molecule has 2 amide bonds. The number of nitrogens with one attached hydrogen (secondary N) is 2. The van der Waals surface area contributed by atoms with Crippen molar-refractivity contribution in [2.45, 2.75) is 69.4 Å². The Kier molecular flexibility index (Phi) is 13.8. The maximum Gasteiger partial charge on any atom is 0.355 e. The normalized spacial score (nSPS) is 16.6. The SMILES string of the molecule is COc1ccc(COC(=O)C2=C(CCl)CSC3C(NC(=O)/C(=N\OC(C)(C)C(=O)OC(C)(C)C)c4csc(NC(c5ccccc5)(c5ccccc5)c5ccccc5)n4)C(=O)N23)cc1. The number of fused-ring (bicyclic) bond motifs is 1. The van der Waals surface area contributed by atoms with Crippen molar-refractivity contribution in [2.24, 2.45) is 5.16 Å². The maximum atomic E-state index is 14.5. The van der Waals surface area contributed by atoms with Crippen LogP contribution in [0.2, 0.25) is 0 Å². The molecule has 0 saturated carbocycles. The third-order valence-corrected chi connectivity index (χ3v) is 12.8. The summed E-state index contributed by atoms with van der Waals surface area (Å²) in [6, 6.07) is 35.9. The van der Waals surface area contributed by atoms with Crippen LogP contribution >= 0.6 is 34.7 Å². The molecule has 2 aliphatic heterocycles. The molecule has 7 rings (SSSR count). The Balaban J connectivity index is 1.19. The van der Waals surface area contributed by atoms with Crippen LogP contribution in [-0.2, 0) is 45.6 Å². The molecule has 16 heteroatoms. The largest absolute Gasteiger partial charge is 0.497 e. The van der Waals surface area contributed by atoms with Crippen molar-refractivity contribution in [3.05, 3.63) is 160 Å². The molecule has 0 radical (unpaired) electrons. The molecule has 2 unspecified atom stereocenters. The van der Waals surface area contributed by atoms with E-state index in [1.54, 1.807) is 57.5 Å². The van der Waals surface area contributed by atoms with Gasteiger partial charge in [-0.25, -0.2) is 14.6 Å². The average Bonchev–Trinajstić information content (AvgIpc) is 3.76. The number of β-lactam (4-membered cyclic amide) rings is 1. The highest BCUT2D eigenvalue weighted by molar-refractivity contribution is 8.00. The van der Waals surface area contributed by atoms with Crippen LogP contribution in [0.1, 0.15) is 62.6 Å². The second kappa shape index (κ2) is 19.3. The number of thioether (sulfide) groups is 1. The first-order chi connectivity index (χ1) is 30.6. The third-order valence-electron chi connectivity index (χ3n) is 10.3. The van der Waals surface area contributed by atoms with Gasteiger partial charge in [0.25, 0.3) is 11.8 Å². The van der Waals surface area contributed by atoms with Crippen LogP contribution < -0.4 is 15.4 Å². The van der Waals surface area contributed by atoms with Crippen molar-refractivity contribution in [1.29, 1.82) is 0 Å². The van der Waals surface area contributed by atoms with Gasteiger partial charge in [0, 0.05) is 17.0 Å². The standard InChI is InChI=1S/C48H48ClN5O8S2/c1-46(2,3)61-44(58)47(4,5)62-53-37(36-29-64-45(50-36)52-48(32-16-10-7-11-17-32,33-18-12-8-13-19-33)34-20-14-9-15-21-34)40(55)51-38-41(56)54-39(31(26-49)28-63-42(38)54)43(57)60-27-30-22-24-35(59-6)25-23-30/h7-25,29,38,42H,26-28H2,1-6H3,(H,50,52)(H,51,55)/b53-37-. The fourth-order valence-corrected chi connectivity index (χ4v) is 9.54. The molecule has 13 nitrogen and oxygen atoms in total. The van der Waals surface area contributed by atoms with Gasteiger partial charge in [-0.1, -0.05) is 108 Å². The highest BCUT2D eigenvalue weighted by atomic mass is 35.5. The Morgan fingerprint density at radius 3 is 1.97 bits per heavy atom. The molecule has 1 fully saturated rings. The van der Waals surface area contributed by atoms with Crippen molar-refractivity contribution in [2.75, 3.05) is 24.1 Å². The number of carbonyl (C=O) groups is 4. The summed E-state index contributed by atoms with van der Waals surface area (Å²) < 4.78 is 16.4. The number of benzene rings is 4. The van der Waals surface area contributed by atoms with E-state index in [0.717, 1.165) is 22.3 Å². The van der Waals surface area contributed by atoms with Crippen molar-refractivity contribution in [1.82, 2.24) is 15.2 Å². The first-order valence-corrected chi connectivity index (χ1v) is 22.9. The number of anilines is 1. The summed E-state index contributed by atoms with van der Waals surface area (Å²) in [5, 5.41) is 12.2. The van der Waals surface area contributed by atoms with Gasteiger partial charge in [0.15, 0.2) is 10.8 Å². The number of ether oxygens (including phenoxy) is 3. The molecular formula is C48H48ClN5O8S2. The fourth-order valence-electron chi connectivity index (χ4n) is 7.11. The van der Waals surface area contributed by atoms with E-state index in [-0.39, 0.29) is 29.6 Å². The quantitative estimate of drug-likeness (QED) is 0.0247. The number of rotatable bonds is 16. The van der Waals surface area contributed by atoms with E-state index < -0.39 is 51.9 Å². The number of methoxy groups -OCH3 is 1. The minimum absolute atomic E-state index is 0.00459. The number of alkyl halides is 1. The van der Waals surface area contributed by atoms with Gasteiger partial charge < -0.3 is 29.7 Å². The summed E-state index contributed by atoms with van der Waals surface area (Å²) in [5.74, 6) is -1.80. The second-order valence-corrected chi connectivity index (χ2v) is 18.7. The van der Waals surface area contributed by atoms with E-state index in [4.69, 9.17) is 35.6 Å². The van der Waals surface area contributed by atoms with Crippen molar-refractivity contribution < 1.29 is 38.2 Å². The van der Waals surface area contributed by atoms with E-state index in [2.05, 4.69) is 15.8 Å². The van der Waals surface area contributed by atoms with Crippen LogP contribution in [0.5, 0.6) is 5.75 Å². The number of amides is 2. The van der Waals surface area contributed by atoms with E-state index in [1.165, 1.54) is 41.8 Å². The zero-order chi connectivity index (χ0) is 45.6. The molecule has 2 aliphatic rings. The molecule has 2 N–H and O–H groups in total. The summed E-state index contributed by atoms with van der Waals surface area (Å²) >= 11 is 8.87. The Hall–Kier alpha value is -6.16. The van der Waals surface area contributed by atoms with Gasteiger partial charge in [-0.2, -0.15) is 0 Å². The van der Waals surface area contributed by atoms with E-state index in [9.17, 15) is 19.2 Å². The van der Waals surface area contributed by atoms with Gasteiger partial charge in [-0.3, -0.25) is 14.5 Å². The third kappa shape index (κ3) is 9.81. The molecular weight excluding hydrogens is 874 g/mol. The minimum atomic E-state index is -1.63. The zero-order valence-electron chi connectivity index (χ0n) is 36.1. The Labute approximate surface area is 385 Å². The van der Waals surface area contributed by atoms with Crippen LogP contribution in [-0.4, -0.2) is 80.7 Å². The molecule has 0 bridgehead atoms. The summed E-state index contributed by atoms with van der Waals surface area (Å²) in [6.07, 6.45) is 0. The summed E-state index contributed by atoms with van der Waals surface area (Å²) in [7, 11) is 1.56. The lowest BCUT2D eigenvalue weighted by Crippen LogP contribution is -2.71. The average molecular weight is 923 g/mol. The van der Waals surface area contributed by atoms with Gasteiger partial charge in [0.2, 0.25) is 5.60 Å². The smallest absolute Gasteiger partial charge is 0.355 e. The van der Waals surface area contributed by atoms with Gasteiger partial charge in [0.1, 0.15) is 46.3 Å². The maximum absolute atomic E-state index is 14.5. The van der Waals surface area contributed by atoms with Crippen LogP contribution in [0.4, 0.5) is 5.13 Å². The summed E-state index contributed by atoms with van der Waals surface area (Å²) in [6.45, 7) is 8.09. The molecule has 0 aliphatic carbocycles. The number of esters is 2. The lowest BCUT2D eigenvalue weighted by Gasteiger charge is -2.49. The zero-order valence-corrected chi connectivity index (χ0v) is 38.5. The first-order valence-electron chi connectivity index (χ1n) is 20.4. The van der Waals surface area contributed by atoms with Crippen LogP contribution in [0.15, 0.2) is 137 Å². The number of thiazole rings is 1. The molecule has 1 aromatic heterocycles. The van der Waals surface area contributed by atoms with E-state index >= 15 is 0 Å². The van der Waals surface area contributed by atoms with Crippen LogP contribution in [0.3, 0.4) is 0 Å². The topological polar surface area (TPSA) is 158 Å². The number of hydrogen-bond donors (Lipinski definition) is 2. The molecule has 5 aromatic rings. The summed E-state index contributed by atoms with van der Waals surface area (Å²) in [5.41, 5.74) is 0.529. The van der Waals surface area contributed by atoms with Gasteiger partial charge >= 0.3 is 11.9 Å². The number of halogens is 1. The molecule has 2 atom stereocenters. The van der Waals surface area contributed by atoms with Crippen molar-refractivity contribution >= 4 is 69.3 Å². The molecule has 0 spiro atoms. The Morgan fingerprint density at radius 1 is 0.859 bits per heavy atom. The molecule has 1 saturated heterocycles. The van der Waals surface area contributed by atoms with Gasteiger partial charge in [-0.05, 0) is 74.6 Å². The van der Waals surface area contributed by atoms with Crippen molar-refractivity contribution in [3.8, 4) is 5.75 Å². The molecule has 64 heavy (non-hydrogen) atoms. The Bertz CT molecular complexity index is 2450. The lowest BCUT2D eigenvalue weighted by molar-refractivity contribution is -0.179. The minimum Gasteiger partial charge on any atom is -0.497 e. The van der Waals surface area contributed by atoms with Crippen LogP contribution in [0, 0.1) is 0 Å². The van der Waals surface area contributed by atoms with Gasteiger partial charge in [0.05, 0.1) is 7.11 Å². The van der Waals surface area contributed by atoms with Crippen molar-refractivity contribution in [3.63, 3.8) is 0 Å². The Morgan fingerprint density at radius 2 is 1.44 bits per heavy atom.